The highest BCUT2D eigenvalue weighted by molar-refractivity contribution is 5.30. The maximum atomic E-state index is 2.30. The summed E-state index contributed by atoms with van der Waals surface area (Å²) in [5.41, 5.74) is 1.44. The molecule has 69 valence electrons. The maximum absolute atomic E-state index is 2.30. The van der Waals surface area contributed by atoms with Crippen LogP contribution in [0, 0.1) is 11.8 Å². The van der Waals surface area contributed by atoms with Gasteiger partial charge in [-0.3, -0.25) is 0 Å². The van der Waals surface area contributed by atoms with Gasteiger partial charge in [0.1, 0.15) is 0 Å². The summed E-state index contributed by atoms with van der Waals surface area (Å²) in [5, 5.41) is 0. The fraction of sp³-hybridized carbons (Fsp3) is 0.462. The minimum Gasteiger partial charge on any atom is -0.0622 e. The molecule has 1 aliphatic rings. The molecule has 0 bridgehead atoms. The molecule has 0 heteroatoms. The number of rotatable bonds is 2. The molecule has 1 radical (unpaired) electrons. The Kier molecular flexibility index (Phi) is 2.68. The largest absolute Gasteiger partial charge is 0.0622 e. The third kappa shape index (κ3) is 1.93. The topological polar surface area (TPSA) is 0 Å². The van der Waals surface area contributed by atoms with Gasteiger partial charge < -0.3 is 0 Å². The van der Waals surface area contributed by atoms with Crippen LogP contribution in [0.5, 0.6) is 0 Å². The quantitative estimate of drug-likeness (QED) is 0.637. The smallest absolute Gasteiger partial charge is 0.00497 e. The molecule has 0 spiro atoms. The van der Waals surface area contributed by atoms with E-state index in [0.29, 0.717) is 0 Å². The van der Waals surface area contributed by atoms with E-state index in [1.54, 1.807) is 5.92 Å². The first-order valence-electron chi connectivity index (χ1n) is 5.27. The van der Waals surface area contributed by atoms with Crippen molar-refractivity contribution >= 4 is 0 Å². The van der Waals surface area contributed by atoms with Crippen LogP contribution in [0.3, 0.4) is 0 Å². The van der Waals surface area contributed by atoms with Crippen molar-refractivity contribution in [2.75, 3.05) is 0 Å². The SMILES string of the molecule is C[C](c1ccccc1)C1CCCC1. The van der Waals surface area contributed by atoms with Crippen LogP contribution in [0.25, 0.3) is 0 Å². The standard InChI is InChI=1S/C13H17/c1-11(13-9-5-6-10-13)12-7-3-2-4-8-12/h2-4,7-8,13H,5-6,9-10H2,1H3. The second-order valence-corrected chi connectivity index (χ2v) is 4.03. The predicted molar refractivity (Wildman–Crippen MR) is 56.4 cm³/mol. The molecule has 1 saturated carbocycles. The lowest BCUT2D eigenvalue weighted by Gasteiger charge is -2.18. The van der Waals surface area contributed by atoms with E-state index in [-0.39, 0.29) is 0 Å². The van der Waals surface area contributed by atoms with Crippen LogP contribution in [-0.4, -0.2) is 0 Å². The molecule has 0 heterocycles. The van der Waals surface area contributed by atoms with Crippen molar-refractivity contribution in [2.24, 2.45) is 5.92 Å². The van der Waals surface area contributed by atoms with E-state index in [1.165, 1.54) is 31.2 Å². The fourth-order valence-corrected chi connectivity index (χ4v) is 2.30. The minimum absolute atomic E-state index is 0.863. The van der Waals surface area contributed by atoms with Gasteiger partial charge in [-0.2, -0.15) is 0 Å². The monoisotopic (exact) mass is 173 g/mol. The maximum Gasteiger partial charge on any atom is 0.00497 e. The molecule has 13 heavy (non-hydrogen) atoms. The first-order chi connectivity index (χ1) is 6.38. The lowest BCUT2D eigenvalue weighted by Crippen LogP contribution is -2.06. The number of hydrogen-bond donors (Lipinski definition) is 0. The normalized spacial score (nSPS) is 18.3. The third-order valence-electron chi connectivity index (χ3n) is 3.20. The Bertz CT molecular complexity index is 244. The minimum atomic E-state index is 0.863. The highest BCUT2D eigenvalue weighted by atomic mass is 14.3. The molecule has 1 fully saturated rings. The van der Waals surface area contributed by atoms with E-state index in [0.717, 1.165) is 5.92 Å². The second-order valence-electron chi connectivity index (χ2n) is 4.03. The van der Waals surface area contributed by atoms with Crippen LogP contribution in [0.15, 0.2) is 30.3 Å². The first kappa shape index (κ1) is 8.80. The van der Waals surface area contributed by atoms with Gasteiger partial charge in [0.25, 0.3) is 0 Å². The molecular formula is C13H17. The zero-order valence-electron chi connectivity index (χ0n) is 8.29. The summed E-state index contributed by atoms with van der Waals surface area (Å²) in [5.74, 6) is 2.46. The zero-order chi connectivity index (χ0) is 9.10. The summed E-state index contributed by atoms with van der Waals surface area (Å²) in [4.78, 5) is 0. The Morgan fingerprint density at radius 1 is 1.08 bits per heavy atom. The third-order valence-corrected chi connectivity index (χ3v) is 3.20. The Labute approximate surface area is 81.0 Å². The molecule has 0 unspecified atom stereocenters. The molecule has 0 amide bonds. The van der Waals surface area contributed by atoms with Gasteiger partial charge in [-0.1, -0.05) is 50.1 Å². The van der Waals surface area contributed by atoms with Crippen molar-refractivity contribution in [3.8, 4) is 0 Å². The second kappa shape index (κ2) is 3.95. The molecule has 0 aromatic heterocycles. The van der Waals surface area contributed by atoms with Crippen molar-refractivity contribution in [2.45, 2.75) is 32.6 Å². The average molecular weight is 173 g/mol. The van der Waals surface area contributed by atoms with E-state index < -0.39 is 0 Å². The molecule has 0 saturated heterocycles. The van der Waals surface area contributed by atoms with Crippen LogP contribution in [0.1, 0.15) is 38.2 Å². The zero-order valence-corrected chi connectivity index (χ0v) is 8.29. The van der Waals surface area contributed by atoms with Crippen LogP contribution in [-0.2, 0) is 0 Å². The Morgan fingerprint density at radius 3 is 2.31 bits per heavy atom. The highest BCUT2D eigenvalue weighted by Crippen LogP contribution is 2.35. The molecule has 2 rings (SSSR count). The first-order valence-corrected chi connectivity index (χ1v) is 5.27. The van der Waals surface area contributed by atoms with Crippen LogP contribution in [0.4, 0.5) is 0 Å². The Hall–Kier alpha value is -0.780. The van der Waals surface area contributed by atoms with Crippen LogP contribution < -0.4 is 0 Å². The Balaban J connectivity index is 2.08. The van der Waals surface area contributed by atoms with E-state index in [9.17, 15) is 0 Å². The van der Waals surface area contributed by atoms with Gasteiger partial charge >= 0.3 is 0 Å². The summed E-state index contributed by atoms with van der Waals surface area (Å²) in [6.07, 6.45) is 5.66. The lowest BCUT2D eigenvalue weighted by molar-refractivity contribution is 0.584. The summed E-state index contributed by atoms with van der Waals surface area (Å²) in [6, 6.07) is 10.8. The van der Waals surface area contributed by atoms with Crippen molar-refractivity contribution in [3.05, 3.63) is 41.8 Å². The van der Waals surface area contributed by atoms with Gasteiger partial charge in [-0.05, 0) is 24.3 Å². The molecule has 1 aromatic rings. The van der Waals surface area contributed by atoms with Crippen molar-refractivity contribution < 1.29 is 0 Å². The molecule has 0 nitrogen and oxygen atoms in total. The molecule has 1 aliphatic carbocycles. The van der Waals surface area contributed by atoms with Gasteiger partial charge in [0.05, 0.1) is 0 Å². The molecule has 1 aromatic carbocycles. The average Bonchev–Trinajstić information content (AvgIpc) is 2.71. The predicted octanol–water partition coefficient (Wildman–Crippen LogP) is 3.82. The highest BCUT2D eigenvalue weighted by Gasteiger charge is 2.22. The molecular weight excluding hydrogens is 156 g/mol. The number of hydrogen-bond acceptors (Lipinski definition) is 0. The van der Waals surface area contributed by atoms with Gasteiger partial charge in [0.15, 0.2) is 0 Å². The van der Waals surface area contributed by atoms with E-state index in [2.05, 4.69) is 37.3 Å². The lowest BCUT2D eigenvalue weighted by atomic mass is 9.87. The van der Waals surface area contributed by atoms with Crippen molar-refractivity contribution in [1.29, 1.82) is 0 Å². The van der Waals surface area contributed by atoms with Gasteiger partial charge in [-0.15, -0.1) is 0 Å². The fourth-order valence-electron chi connectivity index (χ4n) is 2.30. The summed E-state index contributed by atoms with van der Waals surface area (Å²) in [7, 11) is 0. The number of benzene rings is 1. The summed E-state index contributed by atoms with van der Waals surface area (Å²) in [6.45, 7) is 2.30. The van der Waals surface area contributed by atoms with E-state index in [1.807, 2.05) is 0 Å². The molecule has 0 aliphatic heterocycles. The van der Waals surface area contributed by atoms with E-state index >= 15 is 0 Å². The van der Waals surface area contributed by atoms with Crippen molar-refractivity contribution in [3.63, 3.8) is 0 Å². The van der Waals surface area contributed by atoms with E-state index in [4.69, 9.17) is 0 Å². The van der Waals surface area contributed by atoms with Gasteiger partial charge in [0, 0.05) is 5.92 Å². The molecule has 0 N–H and O–H groups in total. The summed E-state index contributed by atoms with van der Waals surface area (Å²) >= 11 is 0. The van der Waals surface area contributed by atoms with Crippen LogP contribution >= 0.6 is 0 Å². The van der Waals surface area contributed by atoms with Gasteiger partial charge in [-0.25, -0.2) is 0 Å². The summed E-state index contributed by atoms with van der Waals surface area (Å²) < 4.78 is 0. The Morgan fingerprint density at radius 2 is 1.69 bits per heavy atom. The molecule has 0 atom stereocenters. The van der Waals surface area contributed by atoms with Crippen LogP contribution in [0.2, 0.25) is 0 Å². The van der Waals surface area contributed by atoms with Crippen molar-refractivity contribution in [1.82, 2.24) is 0 Å². The van der Waals surface area contributed by atoms with Gasteiger partial charge in [0.2, 0.25) is 0 Å².